The van der Waals surface area contributed by atoms with Gasteiger partial charge in [-0.2, -0.15) is 4.31 Å². The Balaban J connectivity index is 1.87. The smallest absolute Gasteiger partial charge is 0.243 e. The van der Waals surface area contributed by atoms with Crippen LogP contribution in [0.15, 0.2) is 70.9 Å². The Bertz CT molecular complexity index is 1270. The zero-order valence-corrected chi connectivity index (χ0v) is 22.7. The highest BCUT2D eigenvalue weighted by Crippen LogP contribution is 2.22. The summed E-state index contributed by atoms with van der Waals surface area (Å²) in [6.07, 6.45) is 0. The lowest BCUT2D eigenvalue weighted by atomic mass is 10.2. The quantitative estimate of drug-likeness (QED) is 0.385. The summed E-state index contributed by atoms with van der Waals surface area (Å²) >= 11 is 1.59. The minimum atomic E-state index is -3.94. The second-order valence-electron chi connectivity index (χ2n) is 9.16. The van der Waals surface area contributed by atoms with Gasteiger partial charge in [0.1, 0.15) is 0 Å². The van der Waals surface area contributed by atoms with Crippen LogP contribution in [0.4, 0.5) is 5.69 Å². The number of thiophene rings is 1. The molecule has 0 atom stereocenters. The Morgan fingerprint density at radius 3 is 2.19 bits per heavy atom. The second-order valence-corrected chi connectivity index (χ2v) is 12.1. The Kier molecular flexibility index (Phi) is 9.42. The first-order chi connectivity index (χ1) is 17.1. The summed E-state index contributed by atoms with van der Waals surface area (Å²) in [5.74, 6) is -0.476. The molecule has 0 spiro atoms. The number of sulfonamides is 1. The van der Waals surface area contributed by atoms with Gasteiger partial charge in [-0.05, 0) is 59.7 Å². The molecule has 0 aliphatic carbocycles. The zero-order chi connectivity index (χ0) is 26.3. The highest BCUT2D eigenvalue weighted by Gasteiger charge is 2.29. The normalized spacial score (nSPS) is 11.6. The number of anilines is 1. The van der Waals surface area contributed by atoms with Crippen molar-refractivity contribution in [3.05, 3.63) is 82.0 Å². The van der Waals surface area contributed by atoms with Gasteiger partial charge < -0.3 is 10.2 Å². The maximum Gasteiger partial charge on any atom is 0.243 e. The van der Waals surface area contributed by atoms with Crippen LogP contribution in [0.5, 0.6) is 0 Å². The van der Waals surface area contributed by atoms with Gasteiger partial charge in [-0.15, -0.1) is 11.3 Å². The third-order valence-corrected chi connectivity index (χ3v) is 8.40. The van der Waals surface area contributed by atoms with Crippen LogP contribution in [-0.2, 0) is 32.7 Å². The van der Waals surface area contributed by atoms with Crippen LogP contribution in [0.25, 0.3) is 0 Å². The van der Waals surface area contributed by atoms with E-state index in [0.717, 1.165) is 16.0 Å². The van der Waals surface area contributed by atoms with Gasteiger partial charge in [0.15, 0.2) is 0 Å². The number of hydrogen-bond acceptors (Lipinski definition) is 5. The summed E-state index contributed by atoms with van der Waals surface area (Å²) in [5.41, 5.74) is 2.59. The molecule has 0 bridgehead atoms. The third kappa shape index (κ3) is 7.49. The van der Waals surface area contributed by atoms with Gasteiger partial charge >= 0.3 is 0 Å². The van der Waals surface area contributed by atoms with Crippen LogP contribution < -0.4 is 5.32 Å². The van der Waals surface area contributed by atoms with Gasteiger partial charge in [0.05, 0.1) is 18.0 Å². The average Bonchev–Trinajstić information content (AvgIpc) is 3.22. The van der Waals surface area contributed by atoms with Crippen LogP contribution >= 0.6 is 11.3 Å². The lowest BCUT2D eigenvalue weighted by molar-refractivity contribution is -0.132. The minimum absolute atomic E-state index is 0.0216. The van der Waals surface area contributed by atoms with Crippen molar-refractivity contribution in [3.8, 4) is 0 Å². The molecule has 192 valence electrons. The Hall–Kier alpha value is -3.01. The van der Waals surface area contributed by atoms with Gasteiger partial charge in [0.25, 0.3) is 0 Å². The van der Waals surface area contributed by atoms with Crippen molar-refractivity contribution in [1.29, 1.82) is 0 Å². The number of aryl methyl sites for hydroxylation is 1. The molecule has 0 aliphatic heterocycles. The highest BCUT2D eigenvalue weighted by atomic mass is 32.2. The van der Waals surface area contributed by atoms with Crippen LogP contribution in [0.3, 0.4) is 0 Å². The van der Waals surface area contributed by atoms with Crippen molar-refractivity contribution in [2.24, 2.45) is 5.92 Å². The predicted molar refractivity (Wildman–Crippen MR) is 144 cm³/mol. The number of benzene rings is 2. The molecular formula is C27H33N3O4S2. The van der Waals surface area contributed by atoms with E-state index < -0.39 is 10.0 Å². The number of amides is 2. The molecule has 0 unspecified atom stereocenters. The fourth-order valence-corrected chi connectivity index (χ4v) is 6.22. The lowest BCUT2D eigenvalue weighted by Gasteiger charge is -2.28. The molecule has 2 amide bonds. The van der Waals surface area contributed by atoms with Gasteiger partial charge in [-0.1, -0.05) is 44.2 Å². The molecule has 1 heterocycles. The van der Waals surface area contributed by atoms with Crippen molar-refractivity contribution in [2.45, 2.75) is 45.7 Å². The van der Waals surface area contributed by atoms with Crippen molar-refractivity contribution in [1.82, 2.24) is 9.21 Å². The molecule has 7 nitrogen and oxygen atoms in total. The summed E-state index contributed by atoms with van der Waals surface area (Å²) in [4.78, 5) is 27.8. The first-order valence-electron chi connectivity index (χ1n) is 11.8. The average molecular weight is 528 g/mol. The van der Waals surface area contributed by atoms with E-state index in [1.54, 1.807) is 28.4 Å². The molecule has 2 aromatic carbocycles. The Labute approximate surface area is 217 Å². The number of rotatable bonds is 11. The fourth-order valence-electron chi connectivity index (χ4n) is 3.74. The first kappa shape index (κ1) is 27.6. The molecule has 3 rings (SSSR count). The van der Waals surface area contributed by atoms with Gasteiger partial charge in [-0.3, -0.25) is 9.59 Å². The number of hydrogen-bond donors (Lipinski definition) is 1. The molecule has 0 radical (unpaired) electrons. The molecule has 0 fully saturated rings. The molecule has 3 aromatic rings. The van der Waals surface area contributed by atoms with Crippen molar-refractivity contribution < 1.29 is 18.0 Å². The number of carbonyl (C=O) groups excluding carboxylic acids is 2. The van der Waals surface area contributed by atoms with Crippen molar-refractivity contribution in [3.63, 3.8) is 0 Å². The maximum atomic E-state index is 13.6. The number of carbonyl (C=O) groups is 2. The van der Waals surface area contributed by atoms with Crippen molar-refractivity contribution >= 4 is 38.9 Å². The summed E-state index contributed by atoms with van der Waals surface area (Å²) in [6.45, 7) is 7.99. The van der Waals surface area contributed by atoms with Gasteiger partial charge in [-0.25, -0.2) is 8.42 Å². The minimum Gasteiger partial charge on any atom is -0.332 e. The molecule has 1 N–H and O–H groups in total. The van der Waals surface area contributed by atoms with Crippen LogP contribution in [0.2, 0.25) is 0 Å². The van der Waals surface area contributed by atoms with E-state index in [2.05, 4.69) is 5.32 Å². The molecule has 0 saturated carbocycles. The van der Waals surface area contributed by atoms with E-state index in [4.69, 9.17) is 0 Å². The van der Waals surface area contributed by atoms with E-state index in [1.807, 2.05) is 62.5 Å². The van der Waals surface area contributed by atoms with Crippen LogP contribution in [0, 0.1) is 12.8 Å². The summed E-state index contributed by atoms with van der Waals surface area (Å²) < 4.78 is 28.4. The van der Waals surface area contributed by atoms with E-state index in [-0.39, 0.29) is 35.7 Å². The van der Waals surface area contributed by atoms with E-state index in [9.17, 15) is 18.0 Å². The number of nitrogens with one attached hydrogen (secondary N) is 1. The molecule has 9 heteroatoms. The third-order valence-electron chi connectivity index (χ3n) is 5.56. The molecular weight excluding hydrogens is 494 g/mol. The highest BCUT2D eigenvalue weighted by molar-refractivity contribution is 7.89. The fraction of sp³-hybridized carbons (Fsp3) is 0.333. The maximum absolute atomic E-state index is 13.6. The van der Waals surface area contributed by atoms with Gasteiger partial charge in [0.2, 0.25) is 21.8 Å². The Morgan fingerprint density at radius 1 is 0.972 bits per heavy atom. The second kappa shape index (κ2) is 12.3. The van der Waals surface area contributed by atoms with Crippen LogP contribution in [0.1, 0.15) is 36.8 Å². The Morgan fingerprint density at radius 2 is 1.64 bits per heavy atom. The summed E-state index contributed by atoms with van der Waals surface area (Å²) in [5, 5.41) is 4.63. The van der Waals surface area contributed by atoms with Crippen molar-refractivity contribution in [2.75, 3.05) is 18.4 Å². The molecule has 0 saturated heterocycles. The monoisotopic (exact) mass is 527 g/mol. The standard InChI is InChI=1S/C27H33N3O4S2/c1-20(2)16-30(36(33,34)25-12-10-24(11-13-25)28-22(4)31)19-27(32)29(17-23-8-6-5-7-9-23)18-26-21(3)14-15-35-26/h5-15,20H,16-19H2,1-4H3,(H,28,31). The molecule has 0 aliphatic rings. The van der Waals surface area contributed by atoms with Gasteiger partial charge in [0, 0.05) is 30.6 Å². The summed E-state index contributed by atoms with van der Waals surface area (Å²) in [6, 6.07) is 17.7. The largest absolute Gasteiger partial charge is 0.332 e. The van der Waals surface area contributed by atoms with E-state index in [0.29, 0.717) is 18.8 Å². The molecule has 1 aromatic heterocycles. The van der Waals surface area contributed by atoms with Crippen LogP contribution in [-0.4, -0.2) is 42.5 Å². The van der Waals surface area contributed by atoms with E-state index >= 15 is 0 Å². The predicted octanol–water partition coefficient (Wildman–Crippen LogP) is 4.89. The van der Waals surface area contributed by atoms with E-state index in [1.165, 1.54) is 23.4 Å². The molecule has 36 heavy (non-hydrogen) atoms. The zero-order valence-electron chi connectivity index (χ0n) is 21.1. The summed E-state index contributed by atoms with van der Waals surface area (Å²) in [7, 11) is -3.94. The number of nitrogens with zero attached hydrogens (tertiary/aromatic N) is 2. The topological polar surface area (TPSA) is 86.8 Å². The first-order valence-corrected chi connectivity index (χ1v) is 14.1. The SMILES string of the molecule is CC(=O)Nc1ccc(S(=O)(=O)N(CC(=O)N(Cc2ccccc2)Cc2sccc2C)CC(C)C)cc1. The lowest BCUT2D eigenvalue weighted by Crippen LogP contribution is -2.43.